The average molecular weight is 489 g/mol. The summed E-state index contributed by atoms with van der Waals surface area (Å²) in [6, 6.07) is 8.50. The van der Waals surface area contributed by atoms with Gasteiger partial charge in [-0.05, 0) is 36.2 Å². The maximum Gasteiger partial charge on any atom is 0.303 e. The van der Waals surface area contributed by atoms with E-state index >= 15 is 0 Å². The van der Waals surface area contributed by atoms with Crippen LogP contribution in [0.25, 0.3) is 11.3 Å². The number of ether oxygens (including phenoxy) is 3. The Labute approximate surface area is 200 Å². The van der Waals surface area contributed by atoms with Crippen molar-refractivity contribution >= 4 is 5.97 Å². The molecule has 0 bridgehead atoms. The normalized spacial score (nSPS) is 24.3. The molecule has 0 spiro atoms. The van der Waals surface area contributed by atoms with Crippen molar-refractivity contribution in [2.45, 2.75) is 51.5 Å². The predicted molar refractivity (Wildman–Crippen MR) is 120 cm³/mol. The van der Waals surface area contributed by atoms with Crippen LogP contribution in [0.15, 0.2) is 42.6 Å². The summed E-state index contributed by atoms with van der Waals surface area (Å²) in [4.78, 5) is 12.1. The van der Waals surface area contributed by atoms with E-state index in [-0.39, 0.29) is 23.3 Å². The van der Waals surface area contributed by atoms with Crippen molar-refractivity contribution in [3.05, 3.63) is 65.6 Å². The Balaban J connectivity index is 1.76. The molecule has 0 amide bonds. The summed E-state index contributed by atoms with van der Waals surface area (Å²) >= 11 is 0. The van der Waals surface area contributed by atoms with Crippen molar-refractivity contribution in [1.82, 2.24) is 15.0 Å². The molecule has 1 fully saturated rings. The minimum atomic E-state index is -1.55. The summed E-state index contributed by atoms with van der Waals surface area (Å²) in [6.07, 6.45) is 0.617. The smallest absolute Gasteiger partial charge is 0.303 e. The maximum absolute atomic E-state index is 13.8. The molecule has 1 aromatic heterocycles. The molecule has 4 rings (SSSR count). The fraction of sp³-hybridized carbons (Fsp3) is 0.400. The van der Waals surface area contributed by atoms with Crippen LogP contribution >= 0.6 is 0 Å². The molecular weight excluding hydrogens is 463 g/mol. The van der Waals surface area contributed by atoms with Crippen LogP contribution in [-0.2, 0) is 14.3 Å². The van der Waals surface area contributed by atoms with Crippen LogP contribution in [0, 0.1) is 23.4 Å². The fourth-order valence-electron chi connectivity index (χ4n) is 4.59. The standard InChI is InChI=1S/C25H26F3N3O4/c1-5-21-13(2)23(31-12-20(29-30-31)16-10-18(26)22(28)19(27)11-16)25(34-14(3)32)24(35-21)15-6-8-17(33-4)9-7-15/h6-13,21,23-25H,5H2,1-4H3/t13-,21+,23-,24-,25+/m0/s1. The highest BCUT2D eigenvalue weighted by Gasteiger charge is 2.47. The highest BCUT2D eigenvalue weighted by atomic mass is 19.2. The first-order valence-electron chi connectivity index (χ1n) is 11.3. The summed E-state index contributed by atoms with van der Waals surface area (Å²) in [5.74, 6) is -4.18. The fourth-order valence-corrected chi connectivity index (χ4v) is 4.59. The van der Waals surface area contributed by atoms with E-state index in [1.807, 2.05) is 26.0 Å². The number of benzene rings is 2. The van der Waals surface area contributed by atoms with Gasteiger partial charge in [0.15, 0.2) is 23.6 Å². The van der Waals surface area contributed by atoms with Crippen molar-refractivity contribution < 1.29 is 32.2 Å². The average Bonchev–Trinajstić information content (AvgIpc) is 3.32. The predicted octanol–water partition coefficient (Wildman–Crippen LogP) is 5.03. The molecule has 186 valence electrons. The van der Waals surface area contributed by atoms with Gasteiger partial charge in [-0.3, -0.25) is 4.79 Å². The Kier molecular flexibility index (Phi) is 7.11. The summed E-state index contributed by atoms with van der Waals surface area (Å²) in [6.45, 7) is 5.26. The van der Waals surface area contributed by atoms with Crippen molar-refractivity contribution in [3.8, 4) is 17.0 Å². The van der Waals surface area contributed by atoms with E-state index in [1.165, 1.54) is 17.8 Å². The van der Waals surface area contributed by atoms with Gasteiger partial charge in [0.25, 0.3) is 0 Å². The second kappa shape index (κ2) is 10.1. The molecular formula is C25H26F3N3O4. The minimum Gasteiger partial charge on any atom is -0.497 e. The zero-order valence-electron chi connectivity index (χ0n) is 19.7. The van der Waals surface area contributed by atoms with Crippen LogP contribution in [0.3, 0.4) is 0 Å². The van der Waals surface area contributed by atoms with Gasteiger partial charge in [0, 0.05) is 18.4 Å². The molecule has 1 aliphatic rings. The van der Waals surface area contributed by atoms with E-state index in [0.717, 1.165) is 17.7 Å². The monoisotopic (exact) mass is 489 g/mol. The van der Waals surface area contributed by atoms with Crippen molar-refractivity contribution in [2.24, 2.45) is 5.92 Å². The first-order valence-corrected chi connectivity index (χ1v) is 11.3. The van der Waals surface area contributed by atoms with Crippen molar-refractivity contribution in [1.29, 1.82) is 0 Å². The van der Waals surface area contributed by atoms with E-state index < -0.39 is 41.7 Å². The molecule has 3 aromatic rings. The van der Waals surface area contributed by atoms with Gasteiger partial charge < -0.3 is 14.2 Å². The highest BCUT2D eigenvalue weighted by Crippen LogP contribution is 2.44. The van der Waals surface area contributed by atoms with Crippen molar-refractivity contribution in [3.63, 3.8) is 0 Å². The van der Waals surface area contributed by atoms with Crippen molar-refractivity contribution in [2.75, 3.05) is 7.11 Å². The molecule has 0 N–H and O–H groups in total. The number of halogens is 3. The van der Waals surface area contributed by atoms with Crippen LogP contribution in [-0.4, -0.2) is 40.3 Å². The molecule has 0 aliphatic carbocycles. The summed E-state index contributed by atoms with van der Waals surface area (Å²) in [5, 5.41) is 8.24. The number of nitrogens with zero attached hydrogens (tertiary/aromatic N) is 3. The van der Waals surface area contributed by atoms with Crippen LogP contribution in [0.1, 0.15) is 44.9 Å². The lowest BCUT2D eigenvalue weighted by molar-refractivity contribution is -0.197. The second-order valence-corrected chi connectivity index (χ2v) is 8.54. The summed E-state index contributed by atoms with van der Waals surface area (Å²) in [5.41, 5.74) is 0.975. The van der Waals surface area contributed by atoms with E-state index in [2.05, 4.69) is 10.3 Å². The van der Waals surface area contributed by atoms with Crippen LogP contribution in [0.2, 0.25) is 0 Å². The molecule has 7 nitrogen and oxygen atoms in total. The molecule has 1 aliphatic heterocycles. The topological polar surface area (TPSA) is 75.5 Å². The first-order chi connectivity index (χ1) is 16.7. The van der Waals surface area contributed by atoms with E-state index in [0.29, 0.717) is 12.2 Å². The number of esters is 1. The lowest BCUT2D eigenvalue weighted by Crippen LogP contribution is -2.48. The van der Waals surface area contributed by atoms with Gasteiger partial charge in [0.1, 0.15) is 17.5 Å². The Morgan fingerprint density at radius 1 is 1.14 bits per heavy atom. The van der Waals surface area contributed by atoms with Gasteiger partial charge in [0.05, 0.1) is 25.5 Å². The molecule has 5 atom stereocenters. The molecule has 1 saturated heterocycles. The van der Waals surface area contributed by atoms with Crippen LogP contribution < -0.4 is 4.74 Å². The third-order valence-corrected chi connectivity index (χ3v) is 6.33. The number of hydrogen-bond acceptors (Lipinski definition) is 6. The number of hydrogen-bond donors (Lipinski definition) is 0. The molecule has 2 heterocycles. The zero-order chi connectivity index (χ0) is 25.3. The third-order valence-electron chi connectivity index (χ3n) is 6.33. The van der Waals surface area contributed by atoms with Gasteiger partial charge in [-0.1, -0.05) is 31.2 Å². The molecule has 2 aromatic carbocycles. The number of methoxy groups -OCH3 is 1. The van der Waals surface area contributed by atoms with E-state index in [1.54, 1.807) is 19.2 Å². The number of carbonyl (C=O) groups is 1. The molecule has 0 unspecified atom stereocenters. The maximum atomic E-state index is 13.8. The van der Waals surface area contributed by atoms with Gasteiger partial charge >= 0.3 is 5.97 Å². The molecule has 10 heteroatoms. The quantitative estimate of drug-likeness (QED) is 0.357. The van der Waals surface area contributed by atoms with Crippen LogP contribution in [0.4, 0.5) is 13.2 Å². The van der Waals surface area contributed by atoms with Gasteiger partial charge in [-0.15, -0.1) is 5.10 Å². The SMILES string of the molecule is CC[C@H]1O[C@@H](c2ccc(OC)cc2)[C@H](OC(C)=O)[C@@H](n2cc(-c3cc(F)c(F)c(F)c3)nn2)[C@H]1C. The van der Waals surface area contributed by atoms with Gasteiger partial charge in [-0.25, -0.2) is 17.9 Å². The minimum absolute atomic E-state index is 0.0372. The zero-order valence-corrected chi connectivity index (χ0v) is 19.7. The summed E-state index contributed by atoms with van der Waals surface area (Å²) < 4.78 is 59.9. The Bertz CT molecular complexity index is 1180. The molecule has 35 heavy (non-hydrogen) atoms. The van der Waals surface area contributed by atoms with Gasteiger partial charge in [0.2, 0.25) is 0 Å². The van der Waals surface area contributed by atoms with Crippen LogP contribution in [0.5, 0.6) is 5.75 Å². The Hall–Kier alpha value is -3.40. The molecule has 0 saturated carbocycles. The number of aromatic nitrogens is 3. The van der Waals surface area contributed by atoms with E-state index in [4.69, 9.17) is 14.2 Å². The number of carbonyl (C=O) groups excluding carboxylic acids is 1. The third kappa shape index (κ3) is 4.88. The number of rotatable bonds is 6. The van der Waals surface area contributed by atoms with E-state index in [9.17, 15) is 18.0 Å². The second-order valence-electron chi connectivity index (χ2n) is 8.54. The highest BCUT2D eigenvalue weighted by molar-refractivity contribution is 5.66. The summed E-state index contributed by atoms with van der Waals surface area (Å²) in [7, 11) is 1.57. The van der Waals surface area contributed by atoms with Gasteiger partial charge in [-0.2, -0.15) is 0 Å². The lowest BCUT2D eigenvalue weighted by atomic mass is 9.82. The lowest BCUT2D eigenvalue weighted by Gasteiger charge is -2.45. The Morgan fingerprint density at radius 2 is 1.80 bits per heavy atom. The Morgan fingerprint density at radius 3 is 2.37 bits per heavy atom. The molecule has 0 radical (unpaired) electrons. The first kappa shape index (κ1) is 24.7. The largest absolute Gasteiger partial charge is 0.497 e.